The molecular formula is C13H19Cl2NOS. The number of thiophene rings is 1. The van der Waals surface area contributed by atoms with Crippen LogP contribution in [0.25, 0.3) is 0 Å². The maximum Gasteiger partial charge on any atom is 0.0991 e. The maximum absolute atomic E-state index is 9.64. The Labute approximate surface area is 122 Å². The smallest absolute Gasteiger partial charge is 0.0991 e. The molecule has 0 aliphatic heterocycles. The molecule has 3 unspecified atom stereocenters. The van der Waals surface area contributed by atoms with Gasteiger partial charge in [-0.05, 0) is 50.3 Å². The van der Waals surface area contributed by atoms with Crippen molar-refractivity contribution in [1.29, 1.82) is 0 Å². The SMILES string of the molecule is CC(NCC1CCCC(O)C1)c1cc(Cl)sc1Cl. The Hall–Kier alpha value is 0.200. The lowest BCUT2D eigenvalue weighted by molar-refractivity contribution is 0.0998. The molecule has 1 fully saturated rings. The van der Waals surface area contributed by atoms with Crippen molar-refractivity contribution in [1.82, 2.24) is 5.32 Å². The Morgan fingerprint density at radius 3 is 2.89 bits per heavy atom. The molecule has 1 aliphatic rings. The highest BCUT2D eigenvalue weighted by Gasteiger charge is 2.21. The summed E-state index contributed by atoms with van der Waals surface area (Å²) in [6.45, 7) is 3.03. The average Bonchev–Trinajstić information content (AvgIpc) is 2.66. The van der Waals surface area contributed by atoms with Crippen molar-refractivity contribution in [3.8, 4) is 0 Å². The van der Waals surface area contributed by atoms with E-state index in [0.717, 1.165) is 40.0 Å². The van der Waals surface area contributed by atoms with Crippen molar-refractivity contribution in [2.24, 2.45) is 5.92 Å². The molecule has 3 atom stereocenters. The Bertz CT molecular complexity index is 396. The normalized spacial score (nSPS) is 26.2. The number of nitrogens with one attached hydrogen (secondary N) is 1. The monoisotopic (exact) mass is 307 g/mol. The van der Waals surface area contributed by atoms with Crippen LogP contribution in [0.4, 0.5) is 0 Å². The van der Waals surface area contributed by atoms with E-state index in [4.69, 9.17) is 23.2 Å². The van der Waals surface area contributed by atoms with E-state index in [1.165, 1.54) is 17.8 Å². The van der Waals surface area contributed by atoms with Gasteiger partial charge in [0.1, 0.15) is 0 Å². The summed E-state index contributed by atoms with van der Waals surface area (Å²) in [6.07, 6.45) is 4.09. The summed E-state index contributed by atoms with van der Waals surface area (Å²) in [4.78, 5) is 0. The van der Waals surface area contributed by atoms with Gasteiger partial charge >= 0.3 is 0 Å². The summed E-state index contributed by atoms with van der Waals surface area (Å²) in [5.41, 5.74) is 1.07. The molecule has 0 radical (unpaired) electrons. The third-order valence-electron chi connectivity index (χ3n) is 3.62. The largest absolute Gasteiger partial charge is 0.393 e. The molecule has 0 aromatic carbocycles. The fraction of sp³-hybridized carbons (Fsp3) is 0.692. The van der Waals surface area contributed by atoms with E-state index in [0.29, 0.717) is 5.92 Å². The highest BCUT2D eigenvalue weighted by Crippen LogP contribution is 2.35. The number of rotatable bonds is 4. The quantitative estimate of drug-likeness (QED) is 0.871. The Morgan fingerprint density at radius 1 is 1.50 bits per heavy atom. The van der Waals surface area contributed by atoms with Gasteiger partial charge in [-0.25, -0.2) is 0 Å². The van der Waals surface area contributed by atoms with Gasteiger partial charge in [0, 0.05) is 6.04 Å². The van der Waals surface area contributed by atoms with Gasteiger partial charge in [0.2, 0.25) is 0 Å². The van der Waals surface area contributed by atoms with Gasteiger partial charge in [0.15, 0.2) is 0 Å². The lowest BCUT2D eigenvalue weighted by atomic mass is 9.87. The number of hydrogen-bond acceptors (Lipinski definition) is 3. The minimum absolute atomic E-state index is 0.111. The lowest BCUT2D eigenvalue weighted by Gasteiger charge is -2.27. The third-order valence-corrected chi connectivity index (χ3v) is 5.14. The van der Waals surface area contributed by atoms with Gasteiger partial charge in [0.05, 0.1) is 14.8 Å². The second-order valence-corrected chi connectivity index (χ2v) is 7.38. The Kier molecular flexibility index (Phi) is 5.34. The highest BCUT2D eigenvalue weighted by molar-refractivity contribution is 7.20. The van der Waals surface area contributed by atoms with Gasteiger partial charge < -0.3 is 10.4 Å². The van der Waals surface area contributed by atoms with Crippen LogP contribution < -0.4 is 5.32 Å². The predicted molar refractivity (Wildman–Crippen MR) is 78.7 cm³/mol. The minimum Gasteiger partial charge on any atom is -0.393 e. The van der Waals surface area contributed by atoms with Crippen LogP contribution in [-0.2, 0) is 0 Å². The molecule has 2 N–H and O–H groups in total. The van der Waals surface area contributed by atoms with Crippen molar-refractivity contribution < 1.29 is 5.11 Å². The molecule has 2 rings (SSSR count). The topological polar surface area (TPSA) is 32.3 Å². The fourth-order valence-corrected chi connectivity index (χ4v) is 4.20. The maximum atomic E-state index is 9.64. The molecule has 1 aromatic heterocycles. The second-order valence-electron chi connectivity index (χ2n) is 5.10. The summed E-state index contributed by atoms with van der Waals surface area (Å²) in [5, 5.41) is 13.1. The molecule has 1 saturated carbocycles. The van der Waals surface area contributed by atoms with Gasteiger partial charge in [-0.15, -0.1) is 11.3 Å². The Morgan fingerprint density at radius 2 is 2.28 bits per heavy atom. The summed E-state index contributed by atoms with van der Waals surface area (Å²) < 4.78 is 1.50. The van der Waals surface area contributed by atoms with Crippen LogP contribution in [-0.4, -0.2) is 17.8 Å². The number of halogens is 2. The molecule has 102 valence electrons. The number of aliphatic hydroxyl groups is 1. The first kappa shape index (κ1) is 14.6. The third kappa shape index (κ3) is 3.84. The molecule has 0 saturated heterocycles. The summed E-state index contributed by atoms with van der Waals surface area (Å²) >= 11 is 13.5. The predicted octanol–water partition coefficient (Wildman–Crippen LogP) is 4.26. The average molecular weight is 308 g/mol. The summed E-state index contributed by atoms with van der Waals surface area (Å²) in [6, 6.07) is 2.14. The van der Waals surface area contributed by atoms with E-state index in [-0.39, 0.29) is 12.1 Å². The van der Waals surface area contributed by atoms with Crippen molar-refractivity contribution >= 4 is 34.5 Å². The van der Waals surface area contributed by atoms with Crippen molar-refractivity contribution in [2.75, 3.05) is 6.54 Å². The van der Waals surface area contributed by atoms with Gasteiger partial charge in [0.25, 0.3) is 0 Å². The van der Waals surface area contributed by atoms with E-state index in [1.807, 2.05) is 6.07 Å². The van der Waals surface area contributed by atoms with Crippen molar-refractivity contribution in [2.45, 2.75) is 44.8 Å². The molecular weight excluding hydrogens is 289 g/mol. The molecule has 0 amide bonds. The standard InChI is InChI=1S/C13H19Cl2NOS/c1-8(11-6-12(14)18-13(11)15)16-7-9-3-2-4-10(17)5-9/h6,8-10,16-17H,2-5,7H2,1H3. The van der Waals surface area contributed by atoms with Crippen molar-refractivity contribution in [3.05, 3.63) is 20.3 Å². The van der Waals surface area contributed by atoms with Crippen LogP contribution >= 0.6 is 34.5 Å². The molecule has 1 heterocycles. The van der Waals surface area contributed by atoms with Gasteiger partial charge in [-0.1, -0.05) is 29.6 Å². The number of aliphatic hydroxyl groups excluding tert-OH is 1. The first-order valence-electron chi connectivity index (χ1n) is 6.42. The summed E-state index contributed by atoms with van der Waals surface area (Å²) in [5.74, 6) is 0.573. The summed E-state index contributed by atoms with van der Waals surface area (Å²) in [7, 11) is 0. The first-order valence-corrected chi connectivity index (χ1v) is 7.99. The molecule has 0 bridgehead atoms. The fourth-order valence-electron chi connectivity index (χ4n) is 2.55. The van der Waals surface area contributed by atoms with Crippen LogP contribution in [0, 0.1) is 5.92 Å². The van der Waals surface area contributed by atoms with Crippen LogP contribution in [0.1, 0.15) is 44.2 Å². The van der Waals surface area contributed by atoms with Crippen LogP contribution in [0.3, 0.4) is 0 Å². The van der Waals surface area contributed by atoms with Crippen LogP contribution in [0.5, 0.6) is 0 Å². The molecule has 5 heteroatoms. The highest BCUT2D eigenvalue weighted by atomic mass is 35.5. The van der Waals surface area contributed by atoms with Crippen molar-refractivity contribution in [3.63, 3.8) is 0 Å². The van der Waals surface area contributed by atoms with E-state index in [1.54, 1.807) is 0 Å². The lowest BCUT2D eigenvalue weighted by Crippen LogP contribution is -2.30. The van der Waals surface area contributed by atoms with E-state index >= 15 is 0 Å². The zero-order chi connectivity index (χ0) is 13.1. The van der Waals surface area contributed by atoms with Crippen LogP contribution in [0.2, 0.25) is 8.67 Å². The van der Waals surface area contributed by atoms with Gasteiger partial charge in [-0.2, -0.15) is 0 Å². The van der Waals surface area contributed by atoms with Gasteiger partial charge in [-0.3, -0.25) is 0 Å². The zero-order valence-corrected chi connectivity index (χ0v) is 12.8. The molecule has 1 aromatic rings. The minimum atomic E-state index is -0.111. The van der Waals surface area contributed by atoms with E-state index < -0.39 is 0 Å². The van der Waals surface area contributed by atoms with E-state index in [9.17, 15) is 5.11 Å². The zero-order valence-electron chi connectivity index (χ0n) is 10.5. The first-order chi connectivity index (χ1) is 8.56. The molecule has 0 spiro atoms. The molecule has 1 aliphatic carbocycles. The van der Waals surface area contributed by atoms with E-state index in [2.05, 4.69) is 12.2 Å². The molecule has 2 nitrogen and oxygen atoms in total. The Balaban J connectivity index is 1.84. The number of hydrogen-bond donors (Lipinski definition) is 2. The second kappa shape index (κ2) is 6.58. The molecule has 18 heavy (non-hydrogen) atoms. The van der Waals surface area contributed by atoms with Crippen LogP contribution in [0.15, 0.2) is 6.07 Å².